The zero-order valence-corrected chi connectivity index (χ0v) is 14.8. The number of benzene rings is 2. The van der Waals surface area contributed by atoms with Gasteiger partial charge in [0.2, 0.25) is 5.79 Å². The third kappa shape index (κ3) is 2.94. The van der Waals surface area contributed by atoms with Gasteiger partial charge >= 0.3 is 0 Å². The Morgan fingerprint density at radius 2 is 1.83 bits per heavy atom. The molecule has 0 N–H and O–H groups in total. The second-order valence-corrected chi connectivity index (χ2v) is 7.13. The van der Waals surface area contributed by atoms with E-state index in [1.807, 2.05) is 53.4 Å². The van der Waals surface area contributed by atoms with Crippen LogP contribution in [0.1, 0.15) is 28.8 Å². The first-order valence-electron chi connectivity index (χ1n) is 8.11. The molecule has 0 aliphatic carbocycles. The number of nitrogens with zero attached hydrogens (tertiary/aromatic N) is 1. The summed E-state index contributed by atoms with van der Waals surface area (Å²) in [6.45, 7) is 1.82. The van der Waals surface area contributed by atoms with Crippen molar-refractivity contribution >= 4 is 21.8 Å². The van der Waals surface area contributed by atoms with Crippen molar-refractivity contribution in [3.63, 3.8) is 0 Å². The van der Waals surface area contributed by atoms with Gasteiger partial charge in [-0.05, 0) is 30.3 Å². The number of amides is 1. The van der Waals surface area contributed by atoms with Gasteiger partial charge in [-0.15, -0.1) is 0 Å². The zero-order chi connectivity index (χ0) is 16.6. The summed E-state index contributed by atoms with van der Waals surface area (Å²) in [6.07, 6.45) is 1.36. The van der Waals surface area contributed by atoms with Crippen molar-refractivity contribution in [1.29, 1.82) is 0 Å². The molecule has 1 saturated heterocycles. The minimum absolute atomic E-state index is 0.0746. The van der Waals surface area contributed by atoms with Crippen LogP contribution in [0.15, 0.2) is 53.0 Å². The third-order valence-corrected chi connectivity index (χ3v) is 5.14. The summed E-state index contributed by atoms with van der Waals surface area (Å²) in [5.74, 6) is 0.353. The molecule has 5 heteroatoms. The standard InChI is InChI=1S/C19H18BrNO3/c20-16-6-7-17-15(12-16)13-23-19(24-17)8-10-21(11-9-19)18(22)14-4-2-1-3-5-14/h1-7,12H,8-11,13H2. The Balaban J connectivity index is 1.45. The molecule has 0 unspecified atom stereocenters. The van der Waals surface area contributed by atoms with Crippen molar-refractivity contribution in [2.24, 2.45) is 0 Å². The number of ether oxygens (including phenoxy) is 2. The summed E-state index contributed by atoms with van der Waals surface area (Å²) in [5.41, 5.74) is 1.78. The summed E-state index contributed by atoms with van der Waals surface area (Å²) in [7, 11) is 0. The van der Waals surface area contributed by atoms with E-state index in [2.05, 4.69) is 15.9 Å². The number of fused-ring (bicyclic) bond motifs is 1. The lowest BCUT2D eigenvalue weighted by Crippen LogP contribution is -2.52. The van der Waals surface area contributed by atoms with E-state index >= 15 is 0 Å². The van der Waals surface area contributed by atoms with Crippen molar-refractivity contribution in [1.82, 2.24) is 4.90 Å². The molecular formula is C19H18BrNO3. The van der Waals surface area contributed by atoms with E-state index in [0.717, 1.165) is 21.3 Å². The average molecular weight is 388 g/mol. The van der Waals surface area contributed by atoms with Crippen molar-refractivity contribution in [2.75, 3.05) is 13.1 Å². The Bertz CT molecular complexity index is 754. The molecule has 2 aliphatic heterocycles. The quantitative estimate of drug-likeness (QED) is 0.742. The van der Waals surface area contributed by atoms with E-state index < -0.39 is 5.79 Å². The second kappa shape index (κ2) is 6.22. The molecule has 0 radical (unpaired) electrons. The highest BCUT2D eigenvalue weighted by atomic mass is 79.9. The molecule has 2 heterocycles. The van der Waals surface area contributed by atoms with E-state index in [1.54, 1.807) is 0 Å². The summed E-state index contributed by atoms with van der Waals surface area (Å²) in [5, 5.41) is 0. The van der Waals surface area contributed by atoms with Crippen LogP contribution in [0.5, 0.6) is 5.75 Å². The van der Waals surface area contributed by atoms with Crippen LogP contribution in [0, 0.1) is 0 Å². The third-order valence-electron chi connectivity index (χ3n) is 4.64. The van der Waals surface area contributed by atoms with Gasteiger partial charge in [0.05, 0.1) is 6.61 Å². The first kappa shape index (κ1) is 15.7. The predicted octanol–water partition coefficient (Wildman–Crippen LogP) is 3.99. The van der Waals surface area contributed by atoms with E-state index in [0.29, 0.717) is 32.5 Å². The van der Waals surface area contributed by atoms with Gasteiger partial charge in [-0.2, -0.15) is 0 Å². The van der Waals surface area contributed by atoms with Crippen LogP contribution in [-0.4, -0.2) is 29.7 Å². The van der Waals surface area contributed by atoms with E-state index in [4.69, 9.17) is 9.47 Å². The molecule has 124 valence electrons. The van der Waals surface area contributed by atoms with Crippen molar-refractivity contribution in [2.45, 2.75) is 25.2 Å². The molecule has 0 bridgehead atoms. The number of rotatable bonds is 1. The van der Waals surface area contributed by atoms with Gasteiger partial charge in [-0.3, -0.25) is 4.79 Å². The molecule has 0 atom stereocenters. The molecule has 2 aromatic rings. The van der Waals surface area contributed by atoms with Crippen LogP contribution in [0.4, 0.5) is 0 Å². The molecule has 0 saturated carbocycles. The highest BCUT2D eigenvalue weighted by Crippen LogP contribution is 2.38. The molecule has 4 rings (SSSR count). The highest BCUT2D eigenvalue weighted by molar-refractivity contribution is 9.10. The fraction of sp³-hybridized carbons (Fsp3) is 0.316. The van der Waals surface area contributed by atoms with E-state index in [-0.39, 0.29) is 5.91 Å². The molecule has 2 aliphatic rings. The average Bonchev–Trinajstić information content (AvgIpc) is 2.63. The Hall–Kier alpha value is -1.85. The number of halogens is 1. The minimum atomic E-state index is -0.603. The topological polar surface area (TPSA) is 38.8 Å². The monoisotopic (exact) mass is 387 g/mol. The Kier molecular flexibility index (Phi) is 4.06. The predicted molar refractivity (Wildman–Crippen MR) is 93.9 cm³/mol. The lowest BCUT2D eigenvalue weighted by atomic mass is 10.0. The number of piperidine rings is 1. The van der Waals surface area contributed by atoms with Gasteiger partial charge in [0.25, 0.3) is 5.91 Å². The van der Waals surface area contributed by atoms with Crippen LogP contribution in [-0.2, 0) is 11.3 Å². The van der Waals surface area contributed by atoms with Gasteiger partial charge in [-0.25, -0.2) is 0 Å². The Labute approximate surface area is 149 Å². The first-order chi connectivity index (χ1) is 11.7. The van der Waals surface area contributed by atoms with Gasteiger partial charge in [0.1, 0.15) is 5.75 Å². The Morgan fingerprint density at radius 1 is 1.08 bits per heavy atom. The number of carbonyl (C=O) groups is 1. The first-order valence-corrected chi connectivity index (χ1v) is 8.90. The van der Waals surface area contributed by atoms with Crippen molar-refractivity contribution in [3.8, 4) is 5.75 Å². The number of hydrogen-bond donors (Lipinski definition) is 0. The van der Waals surface area contributed by atoms with Gasteiger partial charge in [-0.1, -0.05) is 34.1 Å². The molecule has 4 nitrogen and oxygen atoms in total. The summed E-state index contributed by atoms with van der Waals surface area (Å²) in [6, 6.07) is 15.4. The van der Waals surface area contributed by atoms with Gasteiger partial charge in [0.15, 0.2) is 0 Å². The van der Waals surface area contributed by atoms with E-state index in [9.17, 15) is 4.79 Å². The van der Waals surface area contributed by atoms with Crippen molar-refractivity contribution in [3.05, 3.63) is 64.1 Å². The molecule has 1 spiro atoms. The number of carbonyl (C=O) groups excluding carboxylic acids is 1. The molecule has 2 aromatic carbocycles. The zero-order valence-electron chi connectivity index (χ0n) is 13.2. The lowest BCUT2D eigenvalue weighted by Gasteiger charge is -2.44. The highest BCUT2D eigenvalue weighted by Gasteiger charge is 2.41. The normalized spacial score (nSPS) is 18.8. The Morgan fingerprint density at radius 3 is 2.58 bits per heavy atom. The smallest absolute Gasteiger partial charge is 0.253 e. The molecule has 0 aromatic heterocycles. The fourth-order valence-electron chi connectivity index (χ4n) is 3.26. The summed E-state index contributed by atoms with van der Waals surface area (Å²) in [4.78, 5) is 14.4. The van der Waals surface area contributed by atoms with Crippen molar-refractivity contribution < 1.29 is 14.3 Å². The molecule has 1 fully saturated rings. The van der Waals surface area contributed by atoms with Crippen LogP contribution >= 0.6 is 15.9 Å². The van der Waals surface area contributed by atoms with Gasteiger partial charge < -0.3 is 14.4 Å². The van der Waals surface area contributed by atoms with Crippen LogP contribution < -0.4 is 4.74 Å². The number of hydrogen-bond acceptors (Lipinski definition) is 3. The maximum absolute atomic E-state index is 12.5. The number of likely N-dealkylation sites (tertiary alicyclic amines) is 1. The molecule has 24 heavy (non-hydrogen) atoms. The van der Waals surface area contributed by atoms with Gasteiger partial charge in [0, 0.05) is 41.5 Å². The maximum atomic E-state index is 12.5. The maximum Gasteiger partial charge on any atom is 0.253 e. The van der Waals surface area contributed by atoms with Crippen LogP contribution in [0.25, 0.3) is 0 Å². The SMILES string of the molecule is O=C(c1ccccc1)N1CCC2(CC1)OCc1cc(Br)ccc1O2. The van der Waals surface area contributed by atoms with E-state index in [1.165, 1.54) is 0 Å². The molecular weight excluding hydrogens is 370 g/mol. The lowest BCUT2D eigenvalue weighted by molar-refractivity contribution is -0.225. The van der Waals surface area contributed by atoms with Crippen LogP contribution in [0.3, 0.4) is 0 Å². The second-order valence-electron chi connectivity index (χ2n) is 6.21. The minimum Gasteiger partial charge on any atom is -0.462 e. The largest absolute Gasteiger partial charge is 0.462 e. The van der Waals surface area contributed by atoms with Crippen LogP contribution in [0.2, 0.25) is 0 Å². The summed E-state index contributed by atoms with van der Waals surface area (Å²) >= 11 is 3.47. The summed E-state index contributed by atoms with van der Waals surface area (Å²) < 4.78 is 13.2. The molecule has 1 amide bonds. The fourth-order valence-corrected chi connectivity index (χ4v) is 3.67.